The van der Waals surface area contributed by atoms with E-state index in [0.29, 0.717) is 5.65 Å². The molecule has 90 valence electrons. The Labute approximate surface area is 96.5 Å². The van der Waals surface area contributed by atoms with E-state index >= 15 is 0 Å². The van der Waals surface area contributed by atoms with E-state index in [-0.39, 0.29) is 29.6 Å². The lowest BCUT2D eigenvalue weighted by atomic mass is 10.1. The second kappa shape index (κ2) is 3.92. The summed E-state index contributed by atoms with van der Waals surface area (Å²) in [7, 11) is 0. The van der Waals surface area contributed by atoms with Crippen molar-refractivity contribution in [3.05, 3.63) is 16.7 Å². The van der Waals surface area contributed by atoms with Crippen molar-refractivity contribution < 1.29 is 5.11 Å². The largest absolute Gasteiger partial charge is 0.396 e. The number of rotatable bonds is 2. The highest BCUT2D eigenvalue weighted by atomic mass is 16.3. The number of hydrogen-bond acceptors (Lipinski definition) is 5. The maximum Gasteiger partial charge on any atom is 0.280 e. The Balaban J connectivity index is 2.12. The van der Waals surface area contributed by atoms with Crippen molar-refractivity contribution in [1.29, 1.82) is 0 Å². The average molecular weight is 235 g/mol. The molecule has 2 N–H and O–H groups in total. The number of H-pyrrole nitrogens is 1. The molecule has 2 aromatic rings. The van der Waals surface area contributed by atoms with Crippen molar-refractivity contribution >= 4 is 11.2 Å². The molecule has 2 atom stereocenters. The minimum Gasteiger partial charge on any atom is -0.396 e. The highest BCUT2D eigenvalue weighted by molar-refractivity contribution is 5.67. The van der Waals surface area contributed by atoms with Crippen LogP contribution in [0, 0.1) is 5.92 Å². The van der Waals surface area contributed by atoms with Gasteiger partial charge in [0.15, 0.2) is 11.2 Å². The van der Waals surface area contributed by atoms with Gasteiger partial charge in [0.1, 0.15) is 0 Å². The molecule has 1 aliphatic rings. The van der Waals surface area contributed by atoms with E-state index in [1.807, 2.05) is 0 Å². The number of aromatic nitrogens is 5. The molecule has 0 bridgehead atoms. The zero-order valence-corrected chi connectivity index (χ0v) is 9.20. The Hall–Kier alpha value is -1.76. The molecule has 1 fully saturated rings. The first-order valence-corrected chi connectivity index (χ1v) is 5.70. The Morgan fingerprint density at radius 2 is 2.41 bits per heavy atom. The van der Waals surface area contributed by atoms with Crippen molar-refractivity contribution in [2.75, 3.05) is 6.61 Å². The lowest BCUT2D eigenvalue weighted by molar-refractivity contribution is 0.191. The number of nitrogens with zero attached hydrogens (tertiary/aromatic N) is 4. The predicted octanol–water partition coefficient (Wildman–Crippen LogP) is -0.152. The molecule has 3 rings (SSSR count). The first kappa shape index (κ1) is 10.4. The average Bonchev–Trinajstić information content (AvgIpc) is 2.94. The monoisotopic (exact) mass is 235 g/mol. The molecule has 0 aromatic carbocycles. The summed E-state index contributed by atoms with van der Waals surface area (Å²) in [6, 6.07) is 0.0966. The number of aliphatic hydroxyl groups excluding tert-OH is 1. The Kier molecular flexibility index (Phi) is 2.40. The molecule has 2 aromatic heterocycles. The summed E-state index contributed by atoms with van der Waals surface area (Å²) in [5.74, 6) is 0.181. The molecular formula is C10H13N5O2. The SMILES string of the molecule is O=c1[nH]cnc2c1nnn2[C@H]1CCC[C@H]1CO. The van der Waals surface area contributed by atoms with Gasteiger partial charge in [0, 0.05) is 12.5 Å². The van der Waals surface area contributed by atoms with Crippen molar-refractivity contribution in [3.8, 4) is 0 Å². The molecule has 0 amide bonds. The summed E-state index contributed by atoms with van der Waals surface area (Å²) >= 11 is 0. The van der Waals surface area contributed by atoms with Gasteiger partial charge in [-0.25, -0.2) is 9.67 Å². The first-order chi connectivity index (χ1) is 8.31. The Morgan fingerprint density at radius 1 is 1.53 bits per heavy atom. The summed E-state index contributed by atoms with van der Waals surface area (Å²) in [4.78, 5) is 18.1. The van der Waals surface area contributed by atoms with Crippen LogP contribution in [0.4, 0.5) is 0 Å². The van der Waals surface area contributed by atoms with Crippen molar-refractivity contribution in [2.45, 2.75) is 25.3 Å². The van der Waals surface area contributed by atoms with Crippen molar-refractivity contribution in [1.82, 2.24) is 25.0 Å². The van der Waals surface area contributed by atoms with E-state index in [4.69, 9.17) is 0 Å². The van der Waals surface area contributed by atoms with Crippen LogP contribution in [0.2, 0.25) is 0 Å². The van der Waals surface area contributed by atoms with E-state index in [2.05, 4.69) is 20.3 Å². The molecule has 7 nitrogen and oxygen atoms in total. The first-order valence-electron chi connectivity index (χ1n) is 5.70. The fourth-order valence-corrected chi connectivity index (χ4v) is 2.55. The van der Waals surface area contributed by atoms with Crippen molar-refractivity contribution in [3.63, 3.8) is 0 Å². The number of aromatic amines is 1. The fraction of sp³-hybridized carbons (Fsp3) is 0.600. The van der Waals surface area contributed by atoms with Gasteiger partial charge in [-0.2, -0.15) is 0 Å². The Bertz CT molecular complexity index is 590. The normalized spacial score (nSPS) is 24.5. The van der Waals surface area contributed by atoms with Crippen LogP contribution in [0.5, 0.6) is 0 Å². The summed E-state index contributed by atoms with van der Waals surface area (Å²) in [6.07, 6.45) is 4.33. The maximum absolute atomic E-state index is 11.5. The number of aliphatic hydroxyl groups is 1. The third-order valence-electron chi connectivity index (χ3n) is 3.44. The molecule has 17 heavy (non-hydrogen) atoms. The van der Waals surface area contributed by atoms with Crippen molar-refractivity contribution in [2.24, 2.45) is 5.92 Å². The standard InChI is InChI=1S/C10H13N5O2/c16-4-6-2-1-3-7(6)15-9-8(13-14-15)10(17)12-5-11-9/h5-7,16H,1-4H2,(H,11,12,17)/t6-,7-/m0/s1. The van der Waals surface area contributed by atoms with Crippen LogP contribution in [-0.4, -0.2) is 36.7 Å². The van der Waals surface area contributed by atoms with Crippen LogP contribution in [0.25, 0.3) is 11.2 Å². The van der Waals surface area contributed by atoms with Gasteiger partial charge < -0.3 is 10.1 Å². The van der Waals surface area contributed by atoms with Gasteiger partial charge in [-0.3, -0.25) is 4.79 Å². The van der Waals surface area contributed by atoms with E-state index in [1.54, 1.807) is 4.68 Å². The molecule has 0 spiro atoms. The van der Waals surface area contributed by atoms with Crippen LogP contribution in [0.3, 0.4) is 0 Å². The zero-order valence-electron chi connectivity index (χ0n) is 9.20. The van der Waals surface area contributed by atoms with E-state index in [1.165, 1.54) is 6.33 Å². The van der Waals surface area contributed by atoms with Gasteiger partial charge in [-0.05, 0) is 12.8 Å². The molecule has 0 aliphatic heterocycles. The van der Waals surface area contributed by atoms with E-state index < -0.39 is 0 Å². The van der Waals surface area contributed by atoms with E-state index in [9.17, 15) is 9.90 Å². The number of nitrogens with one attached hydrogen (secondary N) is 1. The summed E-state index contributed by atoms with van der Waals surface area (Å²) < 4.78 is 1.68. The topological polar surface area (TPSA) is 96.7 Å². The van der Waals surface area contributed by atoms with Gasteiger partial charge >= 0.3 is 0 Å². The van der Waals surface area contributed by atoms with Crippen LogP contribution in [0.15, 0.2) is 11.1 Å². The third-order valence-corrected chi connectivity index (χ3v) is 3.44. The lowest BCUT2D eigenvalue weighted by Gasteiger charge is -2.17. The van der Waals surface area contributed by atoms with Gasteiger partial charge in [0.05, 0.1) is 12.4 Å². The predicted molar refractivity (Wildman–Crippen MR) is 59.4 cm³/mol. The Morgan fingerprint density at radius 3 is 3.24 bits per heavy atom. The van der Waals surface area contributed by atoms with Gasteiger partial charge in [-0.15, -0.1) is 5.10 Å². The molecule has 7 heteroatoms. The number of fused-ring (bicyclic) bond motifs is 1. The number of hydrogen-bond donors (Lipinski definition) is 2. The van der Waals surface area contributed by atoms with Crippen LogP contribution in [-0.2, 0) is 0 Å². The smallest absolute Gasteiger partial charge is 0.280 e. The highest BCUT2D eigenvalue weighted by Gasteiger charge is 2.30. The van der Waals surface area contributed by atoms with Gasteiger partial charge in [0.2, 0.25) is 0 Å². The second-order valence-corrected chi connectivity index (χ2v) is 4.38. The molecule has 2 heterocycles. The fourth-order valence-electron chi connectivity index (χ4n) is 2.55. The molecular weight excluding hydrogens is 222 g/mol. The van der Waals surface area contributed by atoms with Crippen LogP contribution >= 0.6 is 0 Å². The second-order valence-electron chi connectivity index (χ2n) is 4.38. The summed E-state index contributed by atoms with van der Waals surface area (Å²) in [5.41, 5.74) is 0.481. The zero-order chi connectivity index (χ0) is 11.8. The summed E-state index contributed by atoms with van der Waals surface area (Å²) in [5, 5.41) is 17.2. The molecule has 1 aliphatic carbocycles. The molecule has 1 saturated carbocycles. The van der Waals surface area contributed by atoms with Crippen LogP contribution < -0.4 is 5.56 Å². The minimum absolute atomic E-state index is 0.0966. The third kappa shape index (κ3) is 1.54. The minimum atomic E-state index is -0.278. The van der Waals surface area contributed by atoms with Gasteiger partial charge in [-0.1, -0.05) is 11.6 Å². The van der Waals surface area contributed by atoms with Gasteiger partial charge in [0.25, 0.3) is 5.56 Å². The molecule has 0 radical (unpaired) electrons. The lowest BCUT2D eigenvalue weighted by Crippen LogP contribution is -2.19. The summed E-state index contributed by atoms with van der Waals surface area (Å²) in [6.45, 7) is 0.134. The van der Waals surface area contributed by atoms with Crippen LogP contribution in [0.1, 0.15) is 25.3 Å². The highest BCUT2D eigenvalue weighted by Crippen LogP contribution is 2.35. The molecule has 0 unspecified atom stereocenters. The van der Waals surface area contributed by atoms with E-state index in [0.717, 1.165) is 19.3 Å². The quantitative estimate of drug-likeness (QED) is 0.754. The maximum atomic E-state index is 11.5. The molecule has 0 saturated heterocycles.